The molecule has 0 spiro atoms. The molecule has 5 heteroatoms. The molecule has 1 aromatic heterocycles. The summed E-state index contributed by atoms with van der Waals surface area (Å²) in [6, 6.07) is 19.6. The summed E-state index contributed by atoms with van der Waals surface area (Å²) in [5, 5.41) is 5.71. The quantitative estimate of drug-likeness (QED) is 0.722. The van der Waals surface area contributed by atoms with E-state index < -0.39 is 0 Å². The van der Waals surface area contributed by atoms with Gasteiger partial charge in [-0.15, -0.1) is 0 Å². The van der Waals surface area contributed by atoms with Gasteiger partial charge in [0.05, 0.1) is 0 Å². The lowest BCUT2D eigenvalue weighted by atomic mass is 9.97. The van der Waals surface area contributed by atoms with E-state index >= 15 is 0 Å². The van der Waals surface area contributed by atoms with E-state index in [2.05, 4.69) is 27.8 Å². The maximum atomic E-state index is 12.2. The molecule has 0 saturated carbocycles. The highest BCUT2D eigenvalue weighted by molar-refractivity contribution is 5.89. The van der Waals surface area contributed by atoms with E-state index in [9.17, 15) is 4.79 Å². The summed E-state index contributed by atoms with van der Waals surface area (Å²) in [7, 11) is 0. The van der Waals surface area contributed by atoms with Crippen LogP contribution in [0, 0.1) is 0 Å². The number of aryl methyl sites for hydroxylation is 1. The number of amides is 2. The summed E-state index contributed by atoms with van der Waals surface area (Å²) >= 11 is 0. The number of carbonyl (C=O) groups is 1. The van der Waals surface area contributed by atoms with Crippen LogP contribution in [0.4, 0.5) is 10.5 Å². The number of benzene rings is 2. The zero-order valence-corrected chi connectivity index (χ0v) is 14.9. The summed E-state index contributed by atoms with van der Waals surface area (Å²) in [5.41, 5.74) is 4.07. The lowest BCUT2D eigenvalue weighted by Gasteiger charge is -2.27. The Hall–Kier alpha value is -3.34. The molecule has 2 N–H and O–H groups in total. The summed E-state index contributed by atoms with van der Waals surface area (Å²) in [4.78, 5) is 16.1. The average Bonchev–Trinajstić information content (AvgIpc) is 2.73. The van der Waals surface area contributed by atoms with Crippen LogP contribution in [0.5, 0.6) is 5.75 Å². The molecule has 0 aliphatic carbocycles. The van der Waals surface area contributed by atoms with Crippen molar-refractivity contribution in [2.24, 2.45) is 0 Å². The largest absolute Gasteiger partial charge is 0.485 e. The van der Waals surface area contributed by atoms with Crippen molar-refractivity contribution in [3.63, 3.8) is 0 Å². The molecule has 136 valence electrons. The molecule has 1 aliphatic heterocycles. The molecule has 0 radical (unpaired) electrons. The SMILES string of the molecule is O=C(NCc1ccncc1)Nc1ccc2c(c1)O[C@H](c1ccccc1)CC2. The van der Waals surface area contributed by atoms with Crippen LogP contribution in [-0.4, -0.2) is 11.0 Å². The third-order valence-electron chi connectivity index (χ3n) is 4.64. The summed E-state index contributed by atoms with van der Waals surface area (Å²) in [6.45, 7) is 0.450. The predicted octanol–water partition coefficient (Wildman–Crippen LogP) is 4.47. The molecular formula is C22H21N3O2. The van der Waals surface area contributed by atoms with E-state index in [0.717, 1.165) is 29.8 Å². The van der Waals surface area contributed by atoms with Crippen LogP contribution in [0.3, 0.4) is 0 Å². The third-order valence-corrected chi connectivity index (χ3v) is 4.64. The Balaban J connectivity index is 1.40. The van der Waals surface area contributed by atoms with Gasteiger partial charge in [0.1, 0.15) is 11.9 Å². The smallest absolute Gasteiger partial charge is 0.319 e. The number of hydrogen-bond donors (Lipinski definition) is 2. The van der Waals surface area contributed by atoms with Gasteiger partial charge in [-0.3, -0.25) is 4.98 Å². The van der Waals surface area contributed by atoms with E-state index in [1.807, 2.05) is 48.5 Å². The van der Waals surface area contributed by atoms with Crippen LogP contribution in [0.1, 0.15) is 29.2 Å². The second kappa shape index (κ2) is 7.91. The van der Waals surface area contributed by atoms with E-state index in [1.165, 1.54) is 11.1 Å². The van der Waals surface area contributed by atoms with Crippen molar-refractivity contribution in [1.82, 2.24) is 10.3 Å². The van der Waals surface area contributed by atoms with E-state index in [-0.39, 0.29) is 12.1 Å². The first kappa shape index (κ1) is 17.1. The van der Waals surface area contributed by atoms with Gasteiger partial charge in [0, 0.05) is 30.7 Å². The summed E-state index contributed by atoms with van der Waals surface area (Å²) in [6.07, 6.45) is 5.38. The maximum absolute atomic E-state index is 12.2. The molecule has 0 saturated heterocycles. The number of ether oxygens (including phenoxy) is 1. The summed E-state index contributed by atoms with van der Waals surface area (Å²) < 4.78 is 6.19. The Morgan fingerprint density at radius 3 is 2.70 bits per heavy atom. The normalized spacial score (nSPS) is 15.3. The number of aromatic nitrogens is 1. The topological polar surface area (TPSA) is 63.2 Å². The van der Waals surface area contributed by atoms with Gasteiger partial charge in [-0.25, -0.2) is 4.79 Å². The number of carbonyl (C=O) groups excluding carboxylic acids is 1. The predicted molar refractivity (Wildman–Crippen MR) is 105 cm³/mol. The number of pyridine rings is 1. The molecule has 2 heterocycles. The number of hydrogen-bond acceptors (Lipinski definition) is 3. The van der Waals surface area contributed by atoms with Gasteiger partial charge in [0.15, 0.2) is 0 Å². The minimum absolute atomic E-state index is 0.0504. The van der Waals surface area contributed by atoms with Gasteiger partial charge in [-0.2, -0.15) is 0 Å². The average molecular weight is 359 g/mol. The van der Waals surface area contributed by atoms with Crippen LogP contribution in [-0.2, 0) is 13.0 Å². The number of nitrogens with one attached hydrogen (secondary N) is 2. The van der Waals surface area contributed by atoms with Crippen molar-refractivity contribution in [1.29, 1.82) is 0 Å². The molecule has 5 nitrogen and oxygen atoms in total. The van der Waals surface area contributed by atoms with E-state index in [4.69, 9.17) is 4.74 Å². The van der Waals surface area contributed by atoms with Crippen molar-refractivity contribution in [2.75, 3.05) is 5.32 Å². The molecular weight excluding hydrogens is 338 g/mol. The Morgan fingerprint density at radius 2 is 1.89 bits per heavy atom. The number of rotatable bonds is 4. The Bertz CT molecular complexity index is 913. The minimum Gasteiger partial charge on any atom is -0.485 e. The second-order valence-corrected chi connectivity index (χ2v) is 6.54. The fraction of sp³-hybridized carbons (Fsp3) is 0.182. The first-order valence-corrected chi connectivity index (χ1v) is 9.06. The molecule has 4 rings (SSSR count). The molecule has 0 bridgehead atoms. The van der Waals surface area contributed by atoms with Crippen molar-refractivity contribution < 1.29 is 9.53 Å². The standard InChI is InChI=1S/C22H21N3O2/c26-22(24-15-16-10-12-23-13-11-16)25-19-8-6-18-7-9-20(27-21(18)14-19)17-4-2-1-3-5-17/h1-6,8,10-14,20H,7,9,15H2,(H2,24,25,26)/t20-/m0/s1. The van der Waals surface area contributed by atoms with Gasteiger partial charge in [-0.1, -0.05) is 36.4 Å². The van der Waals surface area contributed by atoms with Crippen molar-refractivity contribution in [3.05, 3.63) is 89.7 Å². The molecule has 2 amide bonds. The van der Waals surface area contributed by atoms with Crippen LogP contribution >= 0.6 is 0 Å². The van der Waals surface area contributed by atoms with Gasteiger partial charge in [-0.05, 0) is 47.7 Å². The maximum Gasteiger partial charge on any atom is 0.319 e. The highest BCUT2D eigenvalue weighted by Crippen LogP contribution is 2.36. The van der Waals surface area contributed by atoms with Gasteiger partial charge >= 0.3 is 6.03 Å². The van der Waals surface area contributed by atoms with E-state index in [0.29, 0.717) is 6.54 Å². The number of fused-ring (bicyclic) bond motifs is 1. The molecule has 27 heavy (non-hydrogen) atoms. The Kier molecular flexibility index (Phi) is 5.01. The van der Waals surface area contributed by atoms with Crippen LogP contribution in [0.15, 0.2) is 73.1 Å². The monoisotopic (exact) mass is 359 g/mol. The highest BCUT2D eigenvalue weighted by Gasteiger charge is 2.21. The fourth-order valence-corrected chi connectivity index (χ4v) is 3.21. The highest BCUT2D eigenvalue weighted by atomic mass is 16.5. The van der Waals surface area contributed by atoms with Crippen LogP contribution in [0.2, 0.25) is 0 Å². The Labute approximate surface area is 158 Å². The van der Waals surface area contributed by atoms with E-state index in [1.54, 1.807) is 12.4 Å². The number of urea groups is 1. The molecule has 2 aromatic carbocycles. The zero-order chi connectivity index (χ0) is 18.5. The van der Waals surface area contributed by atoms with Crippen molar-refractivity contribution >= 4 is 11.7 Å². The second-order valence-electron chi connectivity index (χ2n) is 6.54. The first-order chi connectivity index (χ1) is 13.3. The zero-order valence-electron chi connectivity index (χ0n) is 14.9. The molecule has 1 aliphatic rings. The molecule has 0 unspecified atom stereocenters. The van der Waals surface area contributed by atoms with Crippen LogP contribution < -0.4 is 15.4 Å². The van der Waals surface area contributed by atoms with Crippen molar-refractivity contribution in [3.8, 4) is 5.75 Å². The Morgan fingerprint density at radius 1 is 1.07 bits per heavy atom. The third kappa shape index (κ3) is 4.26. The van der Waals surface area contributed by atoms with Crippen molar-refractivity contribution in [2.45, 2.75) is 25.5 Å². The van der Waals surface area contributed by atoms with Gasteiger partial charge in [0.2, 0.25) is 0 Å². The molecule has 0 fully saturated rings. The summed E-state index contributed by atoms with van der Waals surface area (Å²) in [5.74, 6) is 0.835. The lowest BCUT2D eigenvalue weighted by Crippen LogP contribution is -2.28. The molecule has 1 atom stereocenters. The lowest BCUT2D eigenvalue weighted by molar-refractivity contribution is 0.177. The molecule has 3 aromatic rings. The van der Waals surface area contributed by atoms with Crippen LogP contribution in [0.25, 0.3) is 0 Å². The minimum atomic E-state index is -0.248. The number of nitrogens with zero attached hydrogens (tertiary/aromatic N) is 1. The first-order valence-electron chi connectivity index (χ1n) is 9.06. The van der Waals surface area contributed by atoms with Gasteiger partial charge in [0.25, 0.3) is 0 Å². The number of anilines is 1. The fourth-order valence-electron chi connectivity index (χ4n) is 3.21. The van der Waals surface area contributed by atoms with Gasteiger partial charge < -0.3 is 15.4 Å².